The van der Waals surface area contributed by atoms with Crippen LogP contribution in [0.4, 0.5) is 0 Å². The van der Waals surface area contributed by atoms with Gasteiger partial charge in [-0.2, -0.15) is 10.4 Å². The average molecular weight is 327 g/mol. The van der Waals surface area contributed by atoms with Crippen LogP contribution < -0.4 is 4.74 Å². The average Bonchev–Trinajstić information content (AvgIpc) is 2.71. The lowest BCUT2D eigenvalue weighted by Gasteiger charge is -2.05. The van der Waals surface area contributed by atoms with E-state index in [9.17, 15) is 0 Å². The van der Waals surface area contributed by atoms with Crippen LogP contribution in [0.3, 0.4) is 0 Å². The van der Waals surface area contributed by atoms with Crippen LogP contribution in [0, 0.1) is 11.3 Å². The maximum atomic E-state index is 8.68. The minimum absolute atomic E-state index is 0.261. The van der Waals surface area contributed by atoms with Gasteiger partial charge >= 0.3 is 0 Å². The van der Waals surface area contributed by atoms with Gasteiger partial charge < -0.3 is 4.74 Å². The molecule has 0 unspecified atom stereocenters. The van der Waals surface area contributed by atoms with Crippen molar-refractivity contribution in [2.24, 2.45) is 0 Å². The number of methoxy groups -OCH3 is 1. The summed E-state index contributed by atoms with van der Waals surface area (Å²) >= 11 is 9.43. The fraction of sp³-hybridized carbons (Fsp3) is 0.167. The monoisotopic (exact) mass is 325 g/mol. The second-order valence-electron chi connectivity index (χ2n) is 3.52. The fourth-order valence-corrected chi connectivity index (χ4v) is 2.18. The molecule has 6 heteroatoms. The van der Waals surface area contributed by atoms with Gasteiger partial charge in [0, 0.05) is 6.20 Å². The lowest BCUT2D eigenvalue weighted by molar-refractivity contribution is 0.415. The van der Waals surface area contributed by atoms with E-state index in [2.05, 4.69) is 27.1 Å². The minimum Gasteiger partial charge on any atom is -0.495 e. The number of nitrogens with zero attached hydrogens (tertiary/aromatic N) is 3. The van der Waals surface area contributed by atoms with Gasteiger partial charge in [0.2, 0.25) is 0 Å². The van der Waals surface area contributed by atoms with E-state index < -0.39 is 0 Å². The Morgan fingerprint density at radius 3 is 2.94 bits per heavy atom. The van der Waals surface area contributed by atoms with Gasteiger partial charge in [-0.05, 0) is 34.1 Å². The third kappa shape index (κ3) is 2.50. The van der Waals surface area contributed by atoms with Gasteiger partial charge in [0.25, 0.3) is 0 Å². The molecule has 0 bridgehead atoms. The summed E-state index contributed by atoms with van der Waals surface area (Å²) in [5.41, 5.74) is 1.51. The van der Waals surface area contributed by atoms with Crippen molar-refractivity contribution < 1.29 is 4.74 Å². The molecule has 0 amide bonds. The molecule has 0 radical (unpaired) electrons. The molecule has 0 atom stereocenters. The van der Waals surface area contributed by atoms with Gasteiger partial charge in [-0.3, -0.25) is 0 Å². The number of hydrogen-bond acceptors (Lipinski definition) is 3. The van der Waals surface area contributed by atoms with Crippen LogP contribution in [0.1, 0.15) is 5.69 Å². The zero-order valence-corrected chi connectivity index (χ0v) is 11.9. The van der Waals surface area contributed by atoms with Crippen LogP contribution in [-0.2, 0) is 6.42 Å². The van der Waals surface area contributed by atoms with Gasteiger partial charge in [-0.1, -0.05) is 11.6 Å². The Morgan fingerprint density at radius 2 is 2.33 bits per heavy atom. The van der Waals surface area contributed by atoms with Gasteiger partial charge in [0.05, 0.1) is 40.5 Å². The van der Waals surface area contributed by atoms with Crippen LogP contribution in [0.2, 0.25) is 5.02 Å². The molecule has 4 nitrogen and oxygen atoms in total. The van der Waals surface area contributed by atoms with E-state index in [1.165, 1.54) is 0 Å². The first-order valence-corrected chi connectivity index (χ1v) is 6.27. The molecule has 0 aliphatic heterocycles. The summed E-state index contributed by atoms with van der Waals surface area (Å²) in [6, 6.07) is 7.45. The summed E-state index contributed by atoms with van der Waals surface area (Å²) in [7, 11) is 1.57. The number of nitriles is 1. The van der Waals surface area contributed by atoms with Crippen molar-refractivity contribution in [3.63, 3.8) is 0 Å². The molecule has 1 aromatic heterocycles. The van der Waals surface area contributed by atoms with Crippen molar-refractivity contribution in [2.75, 3.05) is 7.11 Å². The molecule has 2 aromatic rings. The summed E-state index contributed by atoms with van der Waals surface area (Å²) < 4.78 is 7.56. The lowest BCUT2D eigenvalue weighted by Crippen LogP contribution is -1.96. The first-order chi connectivity index (χ1) is 8.65. The highest BCUT2D eigenvalue weighted by atomic mass is 79.9. The highest BCUT2D eigenvalue weighted by Gasteiger charge is 2.09. The summed E-state index contributed by atoms with van der Waals surface area (Å²) in [5, 5.41) is 13.5. The maximum Gasteiger partial charge on any atom is 0.137 e. The van der Waals surface area contributed by atoms with Gasteiger partial charge in [0.15, 0.2) is 0 Å². The van der Waals surface area contributed by atoms with Crippen molar-refractivity contribution in [2.45, 2.75) is 6.42 Å². The fourth-order valence-electron chi connectivity index (χ4n) is 1.51. The Labute approximate surface area is 118 Å². The molecule has 0 aliphatic rings. The molecule has 0 saturated heterocycles. The number of rotatable bonds is 3. The lowest BCUT2D eigenvalue weighted by atomic mass is 10.3. The molecule has 0 N–H and O–H groups in total. The van der Waals surface area contributed by atoms with Crippen LogP contribution in [0.15, 0.2) is 28.9 Å². The van der Waals surface area contributed by atoms with Crippen LogP contribution in [0.25, 0.3) is 5.69 Å². The summed E-state index contributed by atoms with van der Waals surface area (Å²) in [6.07, 6.45) is 2.06. The van der Waals surface area contributed by atoms with E-state index in [-0.39, 0.29) is 6.42 Å². The van der Waals surface area contributed by atoms with Crippen LogP contribution >= 0.6 is 27.5 Å². The Balaban J connectivity index is 2.40. The Bertz CT molecular complexity index is 618. The SMILES string of the molecule is COc1ccc(-n2cc(Br)c(CC#N)n2)cc1Cl. The number of benzene rings is 1. The Hall–Kier alpha value is -1.51. The first-order valence-electron chi connectivity index (χ1n) is 5.10. The van der Waals surface area contributed by atoms with E-state index in [1.807, 2.05) is 6.07 Å². The molecule has 1 aromatic carbocycles. The van der Waals surface area contributed by atoms with E-state index in [1.54, 1.807) is 30.1 Å². The largest absolute Gasteiger partial charge is 0.495 e. The number of hydrogen-bond donors (Lipinski definition) is 0. The van der Waals surface area contributed by atoms with Crippen molar-refractivity contribution >= 4 is 27.5 Å². The molecular formula is C12H9BrClN3O. The predicted molar refractivity (Wildman–Crippen MR) is 72.1 cm³/mol. The normalized spacial score (nSPS) is 10.1. The second-order valence-corrected chi connectivity index (χ2v) is 4.78. The zero-order chi connectivity index (χ0) is 13.1. The first kappa shape index (κ1) is 12.9. The molecule has 18 heavy (non-hydrogen) atoms. The molecule has 1 heterocycles. The summed E-state index contributed by atoms with van der Waals surface area (Å²) in [6.45, 7) is 0. The van der Waals surface area contributed by atoms with Crippen LogP contribution in [-0.4, -0.2) is 16.9 Å². The maximum absolute atomic E-state index is 8.68. The standard InChI is InChI=1S/C12H9BrClN3O/c1-18-12-3-2-8(6-10(12)14)17-7-9(13)11(16-17)4-5-15/h2-3,6-7H,4H2,1H3. The quantitative estimate of drug-likeness (QED) is 0.869. The Kier molecular flexibility index (Phi) is 3.90. The Morgan fingerprint density at radius 1 is 1.56 bits per heavy atom. The third-order valence-corrected chi connectivity index (χ3v) is 3.34. The molecule has 0 fully saturated rings. The molecular weight excluding hydrogens is 318 g/mol. The van der Waals surface area contributed by atoms with Crippen molar-refractivity contribution in [3.05, 3.63) is 39.6 Å². The molecule has 92 valence electrons. The smallest absolute Gasteiger partial charge is 0.137 e. The van der Waals surface area contributed by atoms with Crippen molar-refractivity contribution in [3.8, 4) is 17.5 Å². The third-order valence-electron chi connectivity index (χ3n) is 2.39. The van der Waals surface area contributed by atoms with E-state index in [4.69, 9.17) is 21.6 Å². The highest BCUT2D eigenvalue weighted by Crippen LogP contribution is 2.27. The topological polar surface area (TPSA) is 50.8 Å². The number of ether oxygens (including phenoxy) is 1. The molecule has 0 spiro atoms. The minimum atomic E-state index is 0.261. The second kappa shape index (κ2) is 5.42. The van der Waals surface area contributed by atoms with E-state index in [0.717, 1.165) is 10.2 Å². The predicted octanol–water partition coefficient (Wildman–Crippen LogP) is 3.36. The van der Waals surface area contributed by atoms with E-state index in [0.29, 0.717) is 16.5 Å². The van der Waals surface area contributed by atoms with Crippen molar-refractivity contribution in [1.29, 1.82) is 5.26 Å². The molecule has 0 saturated carbocycles. The number of aromatic nitrogens is 2. The molecule has 2 rings (SSSR count). The van der Waals surface area contributed by atoms with E-state index >= 15 is 0 Å². The summed E-state index contributed by atoms with van der Waals surface area (Å²) in [5.74, 6) is 0.615. The summed E-state index contributed by atoms with van der Waals surface area (Å²) in [4.78, 5) is 0. The van der Waals surface area contributed by atoms with Crippen molar-refractivity contribution in [1.82, 2.24) is 9.78 Å². The number of halogens is 2. The molecule has 0 aliphatic carbocycles. The highest BCUT2D eigenvalue weighted by molar-refractivity contribution is 9.10. The van der Waals surface area contributed by atoms with Gasteiger partial charge in [0.1, 0.15) is 5.75 Å². The van der Waals surface area contributed by atoms with Gasteiger partial charge in [-0.15, -0.1) is 0 Å². The van der Waals surface area contributed by atoms with Crippen LogP contribution in [0.5, 0.6) is 5.75 Å². The zero-order valence-electron chi connectivity index (χ0n) is 9.52. The van der Waals surface area contributed by atoms with Gasteiger partial charge in [-0.25, -0.2) is 4.68 Å².